The van der Waals surface area contributed by atoms with Gasteiger partial charge in [0, 0.05) is 46.5 Å². The first-order chi connectivity index (χ1) is 68.7. The smallest absolute Gasteiger partial charge is 0.344 e. The third kappa shape index (κ3) is 17.7. The van der Waals surface area contributed by atoms with Crippen molar-refractivity contribution in [2.45, 2.75) is 61.4 Å². The first-order valence-electron chi connectivity index (χ1n) is 40.1. The van der Waals surface area contributed by atoms with Gasteiger partial charge in [-0.2, -0.15) is 0 Å². The van der Waals surface area contributed by atoms with Crippen LogP contribution in [-0.4, -0.2) is 304 Å². The molecule has 11 aromatic rings. The van der Waals surface area contributed by atoms with Crippen LogP contribution in [0, 0.1) is 0 Å². The molecule has 4 heterocycles. The minimum Gasteiger partial charge on any atom is -0.504 e. The molecule has 57 nitrogen and oxygen atoms in total. The summed E-state index contributed by atoms with van der Waals surface area (Å²) in [5.74, 6) is -77.2. The van der Waals surface area contributed by atoms with Crippen LogP contribution in [0.3, 0.4) is 0 Å². The van der Waals surface area contributed by atoms with E-state index in [0.29, 0.717) is 60.7 Å². The zero-order chi connectivity index (χ0) is 107. The fourth-order valence-corrected chi connectivity index (χ4v) is 14.9. The summed E-state index contributed by atoms with van der Waals surface area (Å²) in [4.78, 5) is 163. The standard InChI is InChI=1S/C89H62O57/c90-30-1-19(2-31(91)52(30)104)78(123)141-73-71-46(137-88(145-82(127)23-9-38(98)56(108)39(99)10-23)75(73)143-80(125)21-5-34(94)54(106)35(95)6-21)17-133-83(128)25-12-41(101)58(110)64(116)49(25)51-27(86(131)139-71)16-45(62(114)66(51)118)136-70-29(14-43(103)60(112)68(70)120)87(132)146-89-76(144-81(126)22-7-36(96)55(107)37(97)8-22)74(142-79(124)20-3-32(92)53(105)33(93)4-20)72-47(138-89)18-134-84(129)24-11-40(100)57(109)63(115)48(24)50-26(85(130)140-72)15-44(61(113)65(50)117)135-69-28(77(121)122)13-42(102)59(111)67(69)119/h1-16,46-47,71-76,88-120H,17-18H2,(H,121,122)/t46-,47-,71-,72-,73+,74+,75-,76-,88+,89+/m1/s1. The first kappa shape index (κ1) is 99.4. The van der Waals surface area contributed by atoms with Crippen molar-refractivity contribution in [1.29, 1.82) is 0 Å². The summed E-state index contributed by atoms with van der Waals surface area (Å²) in [6, 6.07) is 4.42. The quantitative estimate of drug-likeness (QED) is 0.0335. The Labute approximate surface area is 801 Å². The number of rotatable bonds is 17. The molecule has 2 fully saturated rings. The molecular formula is C89H62O57. The van der Waals surface area contributed by atoms with Crippen LogP contribution >= 0.6 is 0 Å². The van der Waals surface area contributed by atoms with E-state index in [-0.39, 0.29) is 36.4 Å². The lowest BCUT2D eigenvalue weighted by Gasteiger charge is -2.43. The van der Waals surface area contributed by atoms with Crippen molar-refractivity contribution in [1.82, 2.24) is 0 Å². The van der Waals surface area contributed by atoms with Crippen molar-refractivity contribution >= 4 is 65.7 Å². The highest BCUT2D eigenvalue weighted by atomic mass is 16.8. The van der Waals surface area contributed by atoms with Crippen LogP contribution in [0.15, 0.2) is 97.1 Å². The third-order valence-corrected chi connectivity index (χ3v) is 22.0. The van der Waals surface area contributed by atoms with Crippen LogP contribution in [0.2, 0.25) is 0 Å². The fraction of sp³-hybridized carbons (Fsp3) is 0.135. The molecule has 0 amide bonds. The molecule has 0 bridgehead atoms. The van der Waals surface area contributed by atoms with Crippen molar-refractivity contribution in [2.24, 2.45) is 0 Å². The Kier molecular flexibility index (Phi) is 25.4. The average Bonchev–Trinajstić information content (AvgIpc) is 1.24. The lowest BCUT2D eigenvalue weighted by molar-refractivity contribution is -0.282. The largest absolute Gasteiger partial charge is 0.504 e. The molecule has 0 spiro atoms. The van der Waals surface area contributed by atoms with Crippen molar-refractivity contribution in [3.05, 3.63) is 158 Å². The normalized spacial score (nSPS) is 18.4. The molecule has 4 aliphatic heterocycles. The number of ether oxygens (including phenoxy) is 14. The molecule has 760 valence electrons. The molecule has 11 aromatic carbocycles. The van der Waals surface area contributed by atoms with Crippen molar-refractivity contribution in [3.63, 3.8) is 0 Å². The van der Waals surface area contributed by atoms with Gasteiger partial charge in [0.05, 0.1) is 50.1 Å². The summed E-state index contributed by atoms with van der Waals surface area (Å²) in [5, 5.41) is 351. The number of hydrogen-bond acceptors (Lipinski definition) is 56. The van der Waals surface area contributed by atoms with Gasteiger partial charge in [0.1, 0.15) is 36.5 Å². The number of phenolic OH excluding ortho intramolecular Hbond substituents is 31. The number of esters is 10. The second-order valence-corrected chi connectivity index (χ2v) is 31.1. The third-order valence-electron chi connectivity index (χ3n) is 22.0. The number of benzene rings is 11. The molecule has 0 aliphatic carbocycles. The van der Waals surface area contributed by atoms with Gasteiger partial charge < -0.3 is 230 Å². The maximum atomic E-state index is 16.0. The zero-order valence-electron chi connectivity index (χ0n) is 71.4. The topological polar surface area (TPSA) is 964 Å². The van der Waals surface area contributed by atoms with Crippen LogP contribution in [0.25, 0.3) is 22.3 Å². The number of aromatic hydroxyl groups is 31. The average molecular weight is 2040 g/mol. The van der Waals surface area contributed by atoms with E-state index in [4.69, 9.17) is 66.3 Å². The summed E-state index contributed by atoms with van der Waals surface area (Å²) in [6.45, 7) is -3.35. The van der Waals surface area contributed by atoms with Crippen molar-refractivity contribution < 1.29 is 282 Å². The minimum absolute atomic E-state index is 0.00599. The molecule has 2 saturated heterocycles. The molecule has 0 saturated carbocycles. The Morgan fingerprint density at radius 3 is 0.767 bits per heavy atom. The van der Waals surface area contributed by atoms with Crippen molar-refractivity contribution in [2.75, 3.05) is 13.2 Å². The Hall–Kier alpha value is -21.1. The second kappa shape index (κ2) is 37.3. The Morgan fingerprint density at radius 1 is 0.240 bits per heavy atom. The maximum Gasteiger partial charge on any atom is 0.344 e. The van der Waals surface area contributed by atoms with E-state index in [1.807, 2.05) is 0 Å². The number of aromatic carboxylic acids is 1. The van der Waals surface area contributed by atoms with Crippen molar-refractivity contribution in [3.8, 4) is 223 Å². The second-order valence-electron chi connectivity index (χ2n) is 31.1. The molecule has 32 N–H and O–H groups in total. The number of phenols is 31. The molecule has 15 rings (SSSR count). The lowest BCUT2D eigenvalue weighted by Crippen LogP contribution is -2.63. The van der Waals surface area contributed by atoms with Gasteiger partial charge >= 0.3 is 65.7 Å². The van der Waals surface area contributed by atoms with Crippen LogP contribution in [-0.2, 0) is 56.8 Å². The molecule has 4 aliphatic rings. The Balaban J connectivity index is 0.895. The Bertz CT molecular complexity index is 7380. The molecule has 146 heavy (non-hydrogen) atoms. The maximum absolute atomic E-state index is 16.0. The summed E-state index contributed by atoms with van der Waals surface area (Å²) < 4.78 is 80.3. The predicted molar refractivity (Wildman–Crippen MR) is 452 cm³/mol. The van der Waals surface area contributed by atoms with E-state index < -0.39 is 425 Å². The lowest BCUT2D eigenvalue weighted by atomic mass is 9.91. The molecule has 10 atom stereocenters. The van der Waals surface area contributed by atoms with E-state index in [1.165, 1.54) is 0 Å². The van der Waals surface area contributed by atoms with Gasteiger partial charge in [-0.25, -0.2) is 52.7 Å². The van der Waals surface area contributed by atoms with Gasteiger partial charge in [0.2, 0.25) is 70.8 Å². The van der Waals surface area contributed by atoms with Gasteiger partial charge in [0.15, 0.2) is 180 Å². The molecule has 0 aromatic heterocycles. The number of carboxylic acids is 1. The monoisotopic (exact) mass is 2040 g/mol. The number of carbonyl (C=O) groups excluding carboxylic acids is 10. The molecular weight excluding hydrogens is 1980 g/mol. The predicted octanol–water partition coefficient (Wildman–Crippen LogP) is 4.63. The van der Waals surface area contributed by atoms with Gasteiger partial charge in [0.25, 0.3) is 0 Å². The number of carboxylic acid groups (broad SMARTS) is 1. The number of fused-ring (bicyclic) bond motifs is 8. The fourth-order valence-electron chi connectivity index (χ4n) is 14.9. The first-order valence-corrected chi connectivity index (χ1v) is 40.1. The van der Waals surface area contributed by atoms with E-state index in [2.05, 4.69) is 0 Å². The van der Waals surface area contributed by atoms with E-state index in [0.717, 1.165) is 0 Å². The minimum atomic E-state index is -3.28. The van der Waals surface area contributed by atoms with Gasteiger partial charge in [-0.3, -0.25) is 0 Å². The number of hydrogen-bond donors (Lipinski definition) is 32. The molecule has 57 heteroatoms. The molecule has 0 radical (unpaired) electrons. The van der Waals surface area contributed by atoms with Gasteiger partial charge in [-0.1, -0.05) is 0 Å². The summed E-state index contributed by atoms with van der Waals surface area (Å²) >= 11 is 0. The van der Waals surface area contributed by atoms with E-state index >= 15 is 14.4 Å². The highest BCUT2D eigenvalue weighted by molar-refractivity contribution is 6.11. The van der Waals surface area contributed by atoms with E-state index in [9.17, 15) is 202 Å². The van der Waals surface area contributed by atoms with Crippen LogP contribution < -0.4 is 9.47 Å². The van der Waals surface area contributed by atoms with Crippen LogP contribution in [0.5, 0.6) is 201 Å². The summed E-state index contributed by atoms with van der Waals surface area (Å²) in [5.41, 5.74) is -20.4. The Morgan fingerprint density at radius 2 is 0.473 bits per heavy atom. The highest BCUT2D eigenvalue weighted by Gasteiger charge is 2.59. The molecule has 0 unspecified atom stereocenters. The SMILES string of the molecule is O=C(O[C@@H]1O[C@@H]2COC(=O)c3cc(O)c(O)c(O)c3-c3c(cc(Oc4c(C(=O)O[C@@H]5O[C@@H]6COC(=O)c7cc(O)c(O)c(O)c7-c7c(cc(Oc8c(C(=O)O)cc(O)c(O)c8O)c(O)c7O)C(=O)O[C@H]6[C@H](OC(=O)c6cc(O)c(O)c(O)c6)[C@H]5OC(=O)c5cc(O)c(O)c(O)c5)cc(O)c(O)c4O)c(O)c3O)C(=O)O[C@H]2[C@H](OC(=O)c2cc(O)c(O)c(O)c2)[C@H]1OC(=O)c1cc(O)c(O)c(O)c1)c1cc(O)c(O)c(O)c1. The summed E-state index contributed by atoms with van der Waals surface area (Å²) in [6.07, 6.45) is -29.8. The van der Waals surface area contributed by atoms with Crippen LogP contribution in [0.4, 0.5) is 0 Å². The highest BCUT2D eigenvalue weighted by Crippen LogP contribution is 2.60. The number of carbonyl (C=O) groups is 11. The number of cyclic esters (lactones) is 2. The summed E-state index contributed by atoms with van der Waals surface area (Å²) in [7, 11) is 0. The van der Waals surface area contributed by atoms with E-state index in [1.54, 1.807) is 0 Å². The van der Waals surface area contributed by atoms with Gasteiger partial charge in [-0.15, -0.1) is 0 Å². The zero-order valence-corrected chi connectivity index (χ0v) is 71.4. The van der Waals surface area contributed by atoms with Gasteiger partial charge in [-0.05, 0) is 72.8 Å². The van der Waals surface area contributed by atoms with Crippen LogP contribution in [0.1, 0.15) is 114 Å².